The van der Waals surface area contributed by atoms with E-state index in [-0.39, 0.29) is 11.8 Å². The summed E-state index contributed by atoms with van der Waals surface area (Å²) in [5, 5.41) is 3.05. The summed E-state index contributed by atoms with van der Waals surface area (Å²) in [6, 6.07) is 2.06. The molecule has 1 unspecified atom stereocenters. The van der Waals surface area contributed by atoms with Crippen LogP contribution < -0.4 is 10.1 Å². The van der Waals surface area contributed by atoms with E-state index < -0.39 is 11.6 Å². The summed E-state index contributed by atoms with van der Waals surface area (Å²) in [5.41, 5.74) is 0.431. The zero-order valence-electron chi connectivity index (χ0n) is 7.81. The monoisotopic (exact) mass is 199 g/mol. The van der Waals surface area contributed by atoms with Crippen molar-refractivity contribution in [1.82, 2.24) is 5.32 Å². The van der Waals surface area contributed by atoms with Gasteiger partial charge < -0.3 is 10.1 Å². The molecule has 2 rings (SSSR count). The third-order valence-electron chi connectivity index (χ3n) is 2.45. The second-order valence-electron chi connectivity index (χ2n) is 3.30. The first-order valence-corrected chi connectivity index (χ1v) is 4.48. The summed E-state index contributed by atoms with van der Waals surface area (Å²) in [7, 11) is 1.41. The summed E-state index contributed by atoms with van der Waals surface area (Å²) < 4.78 is 31.2. The Morgan fingerprint density at radius 3 is 2.64 bits per heavy atom. The van der Waals surface area contributed by atoms with Gasteiger partial charge in [-0.15, -0.1) is 0 Å². The third kappa shape index (κ3) is 1.46. The number of rotatable bonds is 2. The van der Waals surface area contributed by atoms with Crippen molar-refractivity contribution in [3.63, 3.8) is 0 Å². The van der Waals surface area contributed by atoms with Gasteiger partial charge in [-0.05, 0) is 13.0 Å². The van der Waals surface area contributed by atoms with Crippen LogP contribution in [0, 0.1) is 11.6 Å². The lowest BCUT2D eigenvalue weighted by Crippen LogP contribution is -2.35. The van der Waals surface area contributed by atoms with Crippen LogP contribution in [0.15, 0.2) is 12.1 Å². The normalized spacial score (nSPS) is 20.4. The van der Waals surface area contributed by atoms with Gasteiger partial charge in [0.05, 0.1) is 7.11 Å². The van der Waals surface area contributed by atoms with Crippen LogP contribution in [0.4, 0.5) is 8.78 Å². The summed E-state index contributed by atoms with van der Waals surface area (Å²) in [4.78, 5) is 0. The summed E-state index contributed by atoms with van der Waals surface area (Å²) >= 11 is 0. The lowest BCUT2D eigenvalue weighted by Gasteiger charge is -2.29. The average Bonchev–Trinajstić information content (AvgIpc) is 2.05. The second-order valence-corrected chi connectivity index (χ2v) is 3.30. The fourth-order valence-corrected chi connectivity index (χ4v) is 1.60. The SMILES string of the molecule is COc1cc(F)cc(F)c1C1CCN1. The van der Waals surface area contributed by atoms with E-state index in [9.17, 15) is 8.78 Å². The van der Waals surface area contributed by atoms with Crippen LogP contribution in [0.25, 0.3) is 0 Å². The van der Waals surface area contributed by atoms with E-state index in [1.54, 1.807) is 0 Å². The van der Waals surface area contributed by atoms with Crippen LogP contribution in [0.3, 0.4) is 0 Å². The molecular weight excluding hydrogens is 188 g/mol. The first-order valence-electron chi connectivity index (χ1n) is 4.48. The van der Waals surface area contributed by atoms with Crippen LogP contribution >= 0.6 is 0 Å². The lowest BCUT2D eigenvalue weighted by molar-refractivity contribution is 0.338. The maximum Gasteiger partial charge on any atom is 0.134 e. The largest absolute Gasteiger partial charge is 0.496 e. The minimum Gasteiger partial charge on any atom is -0.496 e. The Kier molecular flexibility index (Phi) is 2.37. The molecule has 14 heavy (non-hydrogen) atoms. The fraction of sp³-hybridized carbons (Fsp3) is 0.400. The van der Waals surface area contributed by atoms with E-state index in [1.165, 1.54) is 13.2 Å². The van der Waals surface area contributed by atoms with Gasteiger partial charge >= 0.3 is 0 Å². The van der Waals surface area contributed by atoms with Gasteiger partial charge in [0, 0.05) is 23.7 Å². The second kappa shape index (κ2) is 3.53. The zero-order valence-corrected chi connectivity index (χ0v) is 7.81. The number of hydrogen-bond acceptors (Lipinski definition) is 2. The third-order valence-corrected chi connectivity index (χ3v) is 2.45. The maximum absolute atomic E-state index is 13.4. The molecule has 1 atom stereocenters. The molecule has 0 saturated carbocycles. The average molecular weight is 199 g/mol. The number of methoxy groups -OCH3 is 1. The highest BCUT2D eigenvalue weighted by atomic mass is 19.1. The van der Waals surface area contributed by atoms with Crippen LogP contribution in [0.1, 0.15) is 18.0 Å². The van der Waals surface area contributed by atoms with E-state index in [0.717, 1.165) is 19.0 Å². The van der Waals surface area contributed by atoms with E-state index in [0.29, 0.717) is 5.56 Å². The Morgan fingerprint density at radius 2 is 2.14 bits per heavy atom. The Balaban J connectivity index is 2.44. The Labute approximate surface area is 80.9 Å². The molecule has 0 aliphatic carbocycles. The van der Waals surface area contributed by atoms with Crippen molar-refractivity contribution in [2.24, 2.45) is 0 Å². The van der Waals surface area contributed by atoms with Gasteiger partial charge in [0.1, 0.15) is 17.4 Å². The molecule has 0 amide bonds. The lowest BCUT2D eigenvalue weighted by atomic mass is 9.96. The van der Waals surface area contributed by atoms with Crippen molar-refractivity contribution >= 4 is 0 Å². The molecule has 0 radical (unpaired) electrons. The van der Waals surface area contributed by atoms with Gasteiger partial charge in [0.15, 0.2) is 0 Å². The Hall–Kier alpha value is -1.16. The standard InChI is InChI=1S/C10H11F2NO/c1-14-9-5-6(11)4-7(12)10(9)8-2-3-13-8/h4-5,8,13H,2-3H2,1H3. The highest BCUT2D eigenvalue weighted by Gasteiger charge is 2.26. The molecule has 1 heterocycles. The molecule has 1 aromatic rings. The highest BCUT2D eigenvalue weighted by Crippen LogP contribution is 2.33. The van der Waals surface area contributed by atoms with Gasteiger partial charge in [-0.2, -0.15) is 0 Å². The van der Waals surface area contributed by atoms with Crippen molar-refractivity contribution in [3.05, 3.63) is 29.3 Å². The number of nitrogens with one attached hydrogen (secondary N) is 1. The first kappa shape index (κ1) is 9.40. The topological polar surface area (TPSA) is 21.3 Å². The van der Waals surface area contributed by atoms with Gasteiger partial charge in [0.25, 0.3) is 0 Å². The molecular formula is C10H11F2NO. The molecule has 1 fully saturated rings. The maximum atomic E-state index is 13.4. The molecule has 1 aliphatic heterocycles. The van der Waals surface area contributed by atoms with Crippen molar-refractivity contribution < 1.29 is 13.5 Å². The van der Waals surface area contributed by atoms with Crippen molar-refractivity contribution in [2.75, 3.05) is 13.7 Å². The molecule has 1 N–H and O–H groups in total. The van der Waals surface area contributed by atoms with E-state index in [4.69, 9.17) is 4.74 Å². The molecule has 1 aromatic carbocycles. The van der Waals surface area contributed by atoms with Crippen LogP contribution in [-0.4, -0.2) is 13.7 Å². The molecule has 0 bridgehead atoms. The number of halogens is 2. The van der Waals surface area contributed by atoms with E-state index >= 15 is 0 Å². The minimum absolute atomic E-state index is 0.0365. The molecule has 0 aromatic heterocycles. The van der Waals surface area contributed by atoms with Gasteiger partial charge in [0.2, 0.25) is 0 Å². The molecule has 2 nitrogen and oxygen atoms in total. The quantitative estimate of drug-likeness (QED) is 0.786. The molecule has 1 saturated heterocycles. The predicted octanol–water partition coefficient (Wildman–Crippen LogP) is 2.01. The van der Waals surface area contributed by atoms with Gasteiger partial charge in [-0.3, -0.25) is 0 Å². The Bertz CT molecular complexity index is 350. The molecule has 0 spiro atoms. The predicted molar refractivity (Wildman–Crippen MR) is 48.3 cm³/mol. The fourth-order valence-electron chi connectivity index (χ4n) is 1.60. The highest BCUT2D eigenvalue weighted by molar-refractivity contribution is 5.38. The van der Waals surface area contributed by atoms with Crippen LogP contribution in [0.2, 0.25) is 0 Å². The van der Waals surface area contributed by atoms with Crippen molar-refractivity contribution in [3.8, 4) is 5.75 Å². The molecule has 4 heteroatoms. The molecule has 76 valence electrons. The zero-order chi connectivity index (χ0) is 10.1. The smallest absolute Gasteiger partial charge is 0.134 e. The van der Waals surface area contributed by atoms with E-state index in [1.807, 2.05) is 0 Å². The summed E-state index contributed by atoms with van der Waals surface area (Å²) in [5.74, 6) is -0.874. The van der Waals surface area contributed by atoms with Gasteiger partial charge in [-0.25, -0.2) is 8.78 Å². The summed E-state index contributed by atoms with van der Waals surface area (Å²) in [6.45, 7) is 0.866. The van der Waals surface area contributed by atoms with Crippen LogP contribution in [-0.2, 0) is 0 Å². The van der Waals surface area contributed by atoms with Crippen molar-refractivity contribution in [1.29, 1.82) is 0 Å². The van der Waals surface area contributed by atoms with Crippen LogP contribution in [0.5, 0.6) is 5.75 Å². The van der Waals surface area contributed by atoms with Crippen molar-refractivity contribution in [2.45, 2.75) is 12.5 Å². The first-order chi connectivity index (χ1) is 6.72. The van der Waals surface area contributed by atoms with E-state index in [2.05, 4.69) is 5.32 Å². The van der Waals surface area contributed by atoms with Gasteiger partial charge in [-0.1, -0.05) is 0 Å². The molecule has 1 aliphatic rings. The Morgan fingerprint density at radius 1 is 1.43 bits per heavy atom. The number of benzene rings is 1. The minimum atomic E-state index is -0.609. The number of hydrogen-bond donors (Lipinski definition) is 1. The summed E-state index contributed by atoms with van der Waals surface area (Å²) in [6.07, 6.45) is 0.860. The number of ether oxygens (including phenoxy) is 1.